The van der Waals surface area contributed by atoms with Gasteiger partial charge in [0.15, 0.2) is 0 Å². The molecule has 2 heterocycles. The van der Waals surface area contributed by atoms with Crippen molar-refractivity contribution in [1.82, 2.24) is 20.1 Å². The van der Waals surface area contributed by atoms with Gasteiger partial charge in [-0.1, -0.05) is 24.6 Å². The highest BCUT2D eigenvalue weighted by molar-refractivity contribution is 6.30. The van der Waals surface area contributed by atoms with Gasteiger partial charge in [-0.2, -0.15) is 0 Å². The Labute approximate surface area is 207 Å². The predicted molar refractivity (Wildman–Crippen MR) is 131 cm³/mol. The Morgan fingerprint density at radius 2 is 1.97 bits per heavy atom. The number of hydrogen-bond donors (Lipinski definition) is 3. The van der Waals surface area contributed by atoms with Gasteiger partial charge in [-0.15, -0.1) is 0 Å². The quantitative estimate of drug-likeness (QED) is 0.376. The largest absolute Gasteiger partial charge is 0.501 e. The molecule has 9 nitrogen and oxygen atoms in total. The number of nitrogens with one attached hydrogen (secondary N) is 2. The molecule has 0 spiro atoms. The summed E-state index contributed by atoms with van der Waals surface area (Å²) in [7, 11) is 1.54. The molecule has 0 saturated carbocycles. The van der Waals surface area contributed by atoms with Crippen molar-refractivity contribution >= 4 is 23.6 Å². The molecule has 1 atom stereocenters. The standard InChI is InChI=1S/C24H27ClFN5O4/c1-4-19(9-7-15(2)35-3)28-22-29-23(33)31(13-16-6-5-11-27-21(16)32)24(34)30(22)14-17-12-18(25)8-10-20(17)26/h5-12,24,34H,4,13-14H2,1-3H3,(H,27,32)(H,28,29,33)/b15-7+,19-9+. The van der Waals surface area contributed by atoms with Gasteiger partial charge >= 0.3 is 6.03 Å². The van der Waals surface area contributed by atoms with E-state index in [1.165, 1.54) is 29.3 Å². The zero-order valence-corrected chi connectivity index (χ0v) is 20.3. The smallest absolute Gasteiger partial charge is 0.327 e. The molecular formula is C24H27ClFN5O4. The lowest BCUT2D eigenvalue weighted by Crippen LogP contribution is -2.65. The van der Waals surface area contributed by atoms with Gasteiger partial charge in [0.2, 0.25) is 12.3 Å². The van der Waals surface area contributed by atoms with E-state index >= 15 is 0 Å². The van der Waals surface area contributed by atoms with Gasteiger partial charge in [-0.05, 0) is 49.8 Å². The summed E-state index contributed by atoms with van der Waals surface area (Å²) >= 11 is 6.05. The normalized spacial score (nSPS) is 18.2. The van der Waals surface area contributed by atoms with Crippen molar-refractivity contribution in [1.29, 1.82) is 0 Å². The number of ether oxygens (including phenoxy) is 1. The number of hydrogen-bond acceptors (Lipinski definition) is 5. The first-order chi connectivity index (χ1) is 16.7. The maximum atomic E-state index is 14.5. The molecule has 1 aromatic carbocycles. The molecular weight excluding hydrogens is 477 g/mol. The number of carbonyl (C=O) groups excluding carboxylic acids is 1. The van der Waals surface area contributed by atoms with E-state index in [9.17, 15) is 19.1 Å². The molecule has 1 fully saturated rings. The molecule has 0 aliphatic carbocycles. The van der Waals surface area contributed by atoms with Gasteiger partial charge in [-0.3, -0.25) is 19.9 Å². The van der Waals surface area contributed by atoms with Crippen LogP contribution in [0.25, 0.3) is 0 Å². The summed E-state index contributed by atoms with van der Waals surface area (Å²) < 4.78 is 19.7. The number of aromatic nitrogens is 1. The average molecular weight is 504 g/mol. The molecule has 1 saturated heterocycles. The van der Waals surface area contributed by atoms with Gasteiger partial charge in [0.25, 0.3) is 5.56 Å². The Balaban J connectivity index is 2.02. The maximum Gasteiger partial charge on any atom is 0.327 e. The van der Waals surface area contributed by atoms with Gasteiger partial charge in [-0.25, -0.2) is 14.2 Å². The molecule has 1 aliphatic rings. The zero-order valence-electron chi connectivity index (χ0n) is 19.6. The molecule has 186 valence electrons. The molecule has 1 aromatic heterocycles. The fourth-order valence-corrected chi connectivity index (χ4v) is 3.48. The summed E-state index contributed by atoms with van der Waals surface area (Å²) in [6.07, 6.45) is 3.87. The van der Waals surface area contributed by atoms with Crippen LogP contribution in [0.15, 0.2) is 69.9 Å². The number of rotatable bonds is 8. The number of halogens is 2. The van der Waals surface area contributed by atoms with E-state index in [1.807, 2.05) is 6.92 Å². The first kappa shape index (κ1) is 26.0. The SMILES string of the molecule is CC/C(=C\C=C(/C)OC)N=C1NC(=O)N(Cc2ccc[nH]c2=O)C(O)N1Cc1cc(Cl)ccc1F. The van der Waals surface area contributed by atoms with Crippen LogP contribution in [0, 0.1) is 5.82 Å². The number of urea groups is 1. The number of carbonyl (C=O) groups is 1. The van der Waals surface area contributed by atoms with Crippen molar-refractivity contribution in [3.05, 3.63) is 92.5 Å². The van der Waals surface area contributed by atoms with Crippen LogP contribution in [0.2, 0.25) is 5.02 Å². The summed E-state index contributed by atoms with van der Waals surface area (Å²) in [6, 6.07) is 6.57. The van der Waals surface area contributed by atoms with Gasteiger partial charge in [0.05, 0.1) is 26.0 Å². The molecule has 35 heavy (non-hydrogen) atoms. The number of benzene rings is 1. The van der Waals surface area contributed by atoms with Crippen molar-refractivity contribution in [2.45, 2.75) is 39.7 Å². The minimum absolute atomic E-state index is 0.0247. The highest BCUT2D eigenvalue weighted by atomic mass is 35.5. The minimum atomic E-state index is -1.55. The predicted octanol–water partition coefficient (Wildman–Crippen LogP) is 3.67. The number of methoxy groups -OCH3 is 1. The van der Waals surface area contributed by atoms with Crippen LogP contribution in [-0.4, -0.2) is 45.3 Å². The fraction of sp³-hybridized carbons (Fsp3) is 0.292. The third-order valence-electron chi connectivity index (χ3n) is 5.34. The zero-order chi connectivity index (χ0) is 25.5. The van der Waals surface area contributed by atoms with Crippen molar-refractivity contribution in [3.8, 4) is 0 Å². The molecule has 0 radical (unpaired) electrons. The topological polar surface area (TPSA) is 110 Å². The lowest BCUT2D eigenvalue weighted by atomic mass is 10.2. The van der Waals surface area contributed by atoms with Crippen molar-refractivity contribution < 1.29 is 19.0 Å². The van der Waals surface area contributed by atoms with Gasteiger partial charge in [0, 0.05) is 28.0 Å². The Morgan fingerprint density at radius 3 is 2.66 bits per heavy atom. The van der Waals surface area contributed by atoms with Crippen molar-refractivity contribution in [3.63, 3.8) is 0 Å². The minimum Gasteiger partial charge on any atom is -0.501 e. The molecule has 3 N–H and O–H groups in total. The van der Waals surface area contributed by atoms with Crippen LogP contribution >= 0.6 is 11.6 Å². The molecule has 0 bridgehead atoms. The lowest BCUT2D eigenvalue weighted by Gasteiger charge is -2.42. The molecule has 3 rings (SSSR count). The Morgan fingerprint density at radius 1 is 1.23 bits per heavy atom. The summed E-state index contributed by atoms with van der Waals surface area (Å²) in [5, 5.41) is 14.1. The van der Waals surface area contributed by atoms with Gasteiger partial charge < -0.3 is 14.8 Å². The summed E-state index contributed by atoms with van der Waals surface area (Å²) in [5.74, 6) is 0.145. The van der Waals surface area contributed by atoms with Crippen LogP contribution in [0.5, 0.6) is 0 Å². The van der Waals surface area contributed by atoms with E-state index in [4.69, 9.17) is 16.3 Å². The van der Waals surface area contributed by atoms with E-state index in [-0.39, 0.29) is 30.2 Å². The van der Waals surface area contributed by atoms with Crippen LogP contribution in [0.1, 0.15) is 31.4 Å². The summed E-state index contributed by atoms with van der Waals surface area (Å²) in [6.45, 7) is 3.32. The maximum absolute atomic E-state index is 14.5. The number of aliphatic imine (C=N–C) groups is 1. The van der Waals surface area contributed by atoms with Crippen molar-refractivity contribution in [2.75, 3.05) is 7.11 Å². The summed E-state index contributed by atoms with van der Waals surface area (Å²) in [4.78, 5) is 34.5. The second kappa shape index (κ2) is 11.7. The van der Waals surface area contributed by atoms with Crippen LogP contribution in [0.4, 0.5) is 9.18 Å². The van der Waals surface area contributed by atoms with E-state index in [0.717, 1.165) is 4.90 Å². The number of aliphatic hydroxyl groups is 1. The molecule has 2 aromatic rings. The van der Waals surface area contributed by atoms with Crippen LogP contribution < -0.4 is 10.9 Å². The monoisotopic (exact) mass is 503 g/mol. The number of amides is 2. The molecule has 11 heteroatoms. The number of guanidine groups is 1. The van der Waals surface area contributed by atoms with E-state index in [0.29, 0.717) is 22.9 Å². The van der Waals surface area contributed by atoms with Crippen molar-refractivity contribution in [2.24, 2.45) is 4.99 Å². The fourth-order valence-electron chi connectivity index (χ4n) is 3.29. The Kier molecular flexibility index (Phi) is 8.67. The van der Waals surface area contributed by atoms with Crippen LogP contribution in [-0.2, 0) is 17.8 Å². The number of H-pyrrole nitrogens is 1. The van der Waals surface area contributed by atoms with E-state index in [1.54, 1.807) is 38.3 Å². The number of nitrogens with zero attached hydrogens (tertiary/aromatic N) is 3. The first-order valence-corrected chi connectivity index (χ1v) is 11.2. The summed E-state index contributed by atoms with van der Waals surface area (Å²) in [5.41, 5.74) is 0.643. The third kappa shape index (κ3) is 6.49. The number of pyridine rings is 1. The lowest BCUT2D eigenvalue weighted by molar-refractivity contribution is -0.0735. The van der Waals surface area contributed by atoms with E-state index in [2.05, 4.69) is 15.3 Å². The molecule has 2 amide bonds. The van der Waals surface area contributed by atoms with Gasteiger partial charge in [0.1, 0.15) is 5.82 Å². The highest BCUT2D eigenvalue weighted by Crippen LogP contribution is 2.22. The number of allylic oxidation sites excluding steroid dienone is 4. The number of aliphatic hydroxyl groups excluding tert-OH is 1. The van der Waals surface area contributed by atoms with Crippen LogP contribution in [0.3, 0.4) is 0 Å². The molecule has 1 aliphatic heterocycles. The number of aromatic amines is 1. The Hall–Kier alpha value is -3.63. The second-order valence-electron chi connectivity index (χ2n) is 7.72. The third-order valence-corrected chi connectivity index (χ3v) is 5.58. The second-order valence-corrected chi connectivity index (χ2v) is 8.16. The highest BCUT2D eigenvalue weighted by Gasteiger charge is 2.37. The molecule has 1 unspecified atom stereocenters. The Bertz CT molecular complexity index is 1230. The van der Waals surface area contributed by atoms with E-state index < -0.39 is 23.8 Å². The first-order valence-electron chi connectivity index (χ1n) is 10.9. The average Bonchev–Trinajstić information content (AvgIpc) is 2.84.